The second-order valence-corrected chi connectivity index (χ2v) is 3.76. The maximum absolute atomic E-state index is 12.3. The van der Waals surface area contributed by atoms with Gasteiger partial charge < -0.3 is 15.4 Å². The Kier molecular flexibility index (Phi) is 4.88. The van der Waals surface area contributed by atoms with Gasteiger partial charge in [0.05, 0.1) is 18.7 Å². The molecular weight excluding hydrogens is 242 g/mol. The number of carbonyl (C=O) groups is 1. The van der Waals surface area contributed by atoms with Gasteiger partial charge in [-0.2, -0.15) is 0 Å². The molecule has 0 heterocycles. The molecule has 1 aromatic rings. The molecule has 0 aliphatic rings. The number of halogens is 2. The lowest BCUT2D eigenvalue weighted by Crippen LogP contribution is -2.24. The lowest BCUT2D eigenvalue weighted by Gasteiger charge is -2.19. The van der Waals surface area contributed by atoms with Crippen molar-refractivity contribution in [3.8, 4) is 0 Å². The molecule has 0 aromatic heterocycles. The highest BCUT2D eigenvalue weighted by Crippen LogP contribution is 2.21. The van der Waals surface area contributed by atoms with Crippen molar-refractivity contribution in [2.24, 2.45) is 0 Å². The van der Waals surface area contributed by atoms with Gasteiger partial charge in [-0.3, -0.25) is 0 Å². The Labute approximate surface area is 104 Å². The fourth-order valence-electron chi connectivity index (χ4n) is 1.48. The van der Waals surface area contributed by atoms with Crippen molar-refractivity contribution in [2.45, 2.75) is 13.3 Å². The number of hydrogen-bond donors (Lipinski definition) is 1. The van der Waals surface area contributed by atoms with E-state index in [0.29, 0.717) is 5.69 Å². The molecule has 0 saturated carbocycles. The van der Waals surface area contributed by atoms with E-state index in [9.17, 15) is 13.6 Å². The average molecular weight is 258 g/mol. The molecule has 0 spiro atoms. The van der Waals surface area contributed by atoms with Crippen LogP contribution in [0, 0.1) is 0 Å². The van der Waals surface area contributed by atoms with Crippen LogP contribution in [0.5, 0.6) is 0 Å². The minimum atomic E-state index is -2.45. The first-order valence-corrected chi connectivity index (χ1v) is 5.51. The number of alkyl halides is 2. The number of rotatable bonds is 5. The van der Waals surface area contributed by atoms with Crippen molar-refractivity contribution >= 4 is 17.3 Å². The highest BCUT2D eigenvalue weighted by atomic mass is 19.3. The molecule has 0 bridgehead atoms. The Bertz CT molecular complexity index is 425. The average Bonchev–Trinajstić information content (AvgIpc) is 2.28. The fourth-order valence-corrected chi connectivity index (χ4v) is 1.48. The first-order chi connectivity index (χ1) is 8.45. The summed E-state index contributed by atoms with van der Waals surface area (Å²) in [7, 11) is 1.52. The number of nitrogen functional groups attached to an aromatic ring is 1. The molecule has 1 rings (SSSR count). The summed E-state index contributed by atoms with van der Waals surface area (Å²) < 4.78 is 29.4. The Balaban J connectivity index is 2.96. The third-order valence-corrected chi connectivity index (χ3v) is 2.38. The zero-order chi connectivity index (χ0) is 13.7. The highest BCUT2D eigenvalue weighted by Gasteiger charge is 2.14. The molecule has 0 unspecified atom stereocenters. The van der Waals surface area contributed by atoms with E-state index in [4.69, 9.17) is 10.5 Å². The van der Waals surface area contributed by atoms with Crippen LogP contribution < -0.4 is 10.6 Å². The molecule has 1 aromatic carbocycles. The van der Waals surface area contributed by atoms with Crippen molar-refractivity contribution < 1.29 is 18.3 Å². The summed E-state index contributed by atoms with van der Waals surface area (Å²) in [6, 6.07) is 4.54. The van der Waals surface area contributed by atoms with Crippen LogP contribution in [0.2, 0.25) is 0 Å². The van der Waals surface area contributed by atoms with E-state index < -0.39 is 18.9 Å². The maximum atomic E-state index is 12.3. The molecule has 100 valence electrons. The van der Waals surface area contributed by atoms with Gasteiger partial charge in [0.2, 0.25) is 0 Å². The van der Waals surface area contributed by atoms with Crippen LogP contribution in [-0.2, 0) is 4.74 Å². The van der Waals surface area contributed by atoms with E-state index in [1.807, 2.05) is 0 Å². The van der Waals surface area contributed by atoms with Crippen LogP contribution in [0.3, 0.4) is 0 Å². The van der Waals surface area contributed by atoms with Gasteiger partial charge >= 0.3 is 5.97 Å². The zero-order valence-corrected chi connectivity index (χ0v) is 10.3. The van der Waals surface area contributed by atoms with Gasteiger partial charge in [-0.15, -0.1) is 0 Å². The van der Waals surface area contributed by atoms with E-state index in [0.717, 1.165) is 0 Å². The van der Waals surface area contributed by atoms with E-state index >= 15 is 0 Å². The Hall–Kier alpha value is -1.85. The number of esters is 1. The summed E-state index contributed by atoms with van der Waals surface area (Å²) in [5, 5.41) is 0. The van der Waals surface area contributed by atoms with Gasteiger partial charge in [0.25, 0.3) is 6.43 Å². The molecule has 4 nitrogen and oxygen atoms in total. The second kappa shape index (κ2) is 6.18. The summed E-state index contributed by atoms with van der Waals surface area (Å²) in [4.78, 5) is 12.9. The molecule has 18 heavy (non-hydrogen) atoms. The minimum Gasteiger partial charge on any atom is -0.462 e. The molecule has 0 saturated heterocycles. The number of carbonyl (C=O) groups excluding carboxylic acids is 1. The third kappa shape index (κ3) is 3.58. The molecule has 0 aliphatic heterocycles. The zero-order valence-electron chi connectivity index (χ0n) is 10.3. The minimum absolute atomic E-state index is 0.190. The molecular formula is C12H16F2N2O2. The van der Waals surface area contributed by atoms with Crippen LogP contribution >= 0.6 is 0 Å². The standard InChI is InChI=1S/C12H16F2N2O2/c1-3-18-12(17)9-6-8(4-5-10(9)15)16(2)7-11(13)14/h4-6,11H,3,7,15H2,1-2H3. The second-order valence-electron chi connectivity index (χ2n) is 3.76. The summed E-state index contributed by atoms with van der Waals surface area (Å²) >= 11 is 0. The van der Waals surface area contributed by atoms with Crippen molar-refractivity contribution in [1.82, 2.24) is 0 Å². The lowest BCUT2D eigenvalue weighted by molar-refractivity contribution is 0.0527. The highest BCUT2D eigenvalue weighted by molar-refractivity contribution is 5.96. The molecule has 0 atom stereocenters. The fraction of sp³-hybridized carbons (Fsp3) is 0.417. The van der Waals surface area contributed by atoms with Crippen molar-refractivity contribution in [2.75, 3.05) is 30.8 Å². The summed E-state index contributed by atoms with van der Waals surface area (Å²) in [5.74, 6) is -0.553. The SMILES string of the molecule is CCOC(=O)c1cc(N(C)CC(F)F)ccc1N. The van der Waals surface area contributed by atoms with Gasteiger partial charge in [-0.25, -0.2) is 13.6 Å². The predicted molar refractivity (Wildman–Crippen MR) is 66.1 cm³/mol. The van der Waals surface area contributed by atoms with Crippen molar-refractivity contribution in [3.63, 3.8) is 0 Å². The maximum Gasteiger partial charge on any atom is 0.340 e. The van der Waals surface area contributed by atoms with E-state index in [1.54, 1.807) is 13.0 Å². The smallest absolute Gasteiger partial charge is 0.340 e. The predicted octanol–water partition coefficient (Wildman–Crippen LogP) is 2.15. The van der Waals surface area contributed by atoms with Crippen LogP contribution in [0.1, 0.15) is 17.3 Å². The number of nitrogens with zero attached hydrogens (tertiary/aromatic N) is 1. The quantitative estimate of drug-likeness (QED) is 0.649. The van der Waals surface area contributed by atoms with Crippen LogP contribution in [0.4, 0.5) is 20.2 Å². The lowest BCUT2D eigenvalue weighted by atomic mass is 10.1. The number of ether oxygens (including phenoxy) is 1. The number of hydrogen-bond acceptors (Lipinski definition) is 4. The van der Waals surface area contributed by atoms with Crippen LogP contribution in [0.25, 0.3) is 0 Å². The number of nitrogens with two attached hydrogens (primary N) is 1. The topological polar surface area (TPSA) is 55.6 Å². The van der Waals surface area contributed by atoms with Crippen molar-refractivity contribution in [1.29, 1.82) is 0 Å². The number of benzene rings is 1. The first-order valence-electron chi connectivity index (χ1n) is 5.51. The van der Waals surface area contributed by atoms with E-state index in [2.05, 4.69) is 0 Å². The Morgan fingerprint density at radius 1 is 1.50 bits per heavy atom. The molecule has 0 amide bonds. The van der Waals surface area contributed by atoms with Gasteiger partial charge in [0, 0.05) is 18.4 Å². The third-order valence-electron chi connectivity index (χ3n) is 2.38. The summed E-state index contributed by atoms with van der Waals surface area (Å²) in [5.41, 5.74) is 6.60. The largest absolute Gasteiger partial charge is 0.462 e. The van der Waals surface area contributed by atoms with Gasteiger partial charge in [0.1, 0.15) is 0 Å². The molecule has 0 fully saturated rings. The van der Waals surface area contributed by atoms with Gasteiger partial charge in [0.15, 0.2) is 0 Å². The molecule has 2 N–H and O–H groups in total. The monoisotopic (exact) mass is 258 g/mol. The van der Waals surface area contributed by atoms with Gasteiger partial charge in [-0.1, -0.05) is 0 Å². The first kappa shape index (κ1) is 14.2. The van der Waals surface area contributed by atoms with Gasteiger partial charge in [-0.05, 0) is 25.1 Å². The van der Waals surface area contributed by atoms with Crippen LogP contribution in [0.15, 0.2) is 18.2 Å². The molecule has 0 radical (unpaired) electrons. The molecule has 6 heteroatoms. The molecule has 0 aliphatic carbocycles. The van der Waals surface area contributed by atoms with E-state index in [1.165, 1.54) is 24.1 Å². The Morgan fingerprint density at radius 2 is 2.17 bits per heavy atom. The van der Waals surface area contributed by atoms with Crippen molar-refractivity contribution in [3.05, 3.63) is 23.8 Å². The summed E-state index contributed by atoms with van der Waals surface area (Å²) in [6.07, 6.45) is -2.45. The Morgan fingerprint density at radius 3 is 2.72 bits per heavy atom. The number of anilines is 2. The van der Waals surface area contributed by atoms with E-state index in [-0.39, 0.29) is 17.9 Å². The van der Waals surface area contributed by atoms with Crippen LogP contribution in [-0.4, -0.2) is 32.6 Å². The normalized spacial score (nSPS) is 10.5. The summed E-state index contributed by atoms with van der Waals surface area (Å²) in [6.45, 7) is 1.50.